The maximum absolute atomic E-state index is 10.7. The molecular weight excluding hydrogens is 240 g/mol. The molecule has 0 saturated carbocycles. The van der Waals surface area contributed by atoms with E-state index in [0.717, 1.165) is 18.5 Å². The number of aliphatic hydroxyl groups excluding tert-OH is 1. The first kappa shape index (κ1) is 15.7. The minimum atomic E-state index is -0.513. The van der Waals surface area contributed by atoms with E-state index in [1.54, 1.807) is 0 Å². The molecule has 4 heteroatoms. The Labute approximate surface area is 115 Å². The van der Waals surface area contributed by atoms with Gasteiger partial charge in [0.25, 0.3) is 0 Å². The zero-order valence-electron chi connectivity index (χ0n) is 11.9. The number of carbonyl (C=O) groups is 1. The lowest BCUT2D eigenvalue weighted by Gasteiger charge is -2.21. The zero-order valence-corrected chi connectivity index (χ0v) is 11.9. The Hall–Kier alpha value is -1.39. The summed E-state index contributed by atoms with van der Waals surface area (Å²) in [5.74, 6) is -0.00672. The van der Waals surface area contributed by atoms with E-state index in [1.807, 2.05) is 38.1 Å². The van der Waals surface area contributed by atoms with Crippen LogP contribution in [0, 0.1) is 6.92 Å². The average Bonchev–Trinajstić information content (AvgIpc) is 2.37. The first-order valence-electron chi connectivity index (χ1n) is 6.73. The minimum absolute atomic E-state index is 0.00672. The molecule has 19 heavy (non-hydrogen) atoms. The molecule has 0 aromatic heterocycles. The van der Waals surface area contributed by atoms with Gasteiger partial charge in [0, 0.05) is 19.5 Å². The van der Waals surface area contributed by atoms with Crippen molar-refractivity contribution >= 4 is 5.91 Å². The number of benzene rings is 1. The fraction of sp³-hybridized carbons (Fsp3) is 0.533. The largest absolute Gasteiger partial charge is 0.387 e. The number of amides is 1. The average molecular weight is 264 g/mol. The second-order valence-corrected chi connectivity index (χ2v) is 4.93. The summed E-state index contributed by atoms with van der Waals surface area (Å²) in [7, 11) is 0. The fourth-order valence-corrected chi connectivity index (χ4v) is 1.85. The number of nitrogens with one attached hydrogen (secondary N) is 2. The maximum Gasteiger partial charge on any atom is 0.216 e. The third-order valence-corrected chi connectivity index (χ3v) is 3.09. The van der Waals surface area contributed by atoms with E-state index in [4.69, 9.17) is 0 Å². The highest BCUT2D eigenvalue weighted by atomic mass is 16.3. The van der Waals surface area contributed by atoms with Crippen molar-refractivity contribution < 1.29 is 9.90 Å². The molecule has 4 nitrogen and oxygen atoms in total. The van der Waals surface area contributed by atoms with Gasteiger partial charge >= 0.3 is 0 Å². The van der Waals surface area contributed by atoms with E-state index in [1.165, 1.54) is 12.5 Å². The number of carbonyl (C=O) groups excluding carboxylic acids is 1. The smallest absolute Gasteiger partial charge is 0.216 e. The number of aryl methyl sites for hydroxylation is 1. The first-order valence-corrected chi connectivity index (χ1v) is 6.73. The van der Waals surface area contributed by atoms with Crippen LogP contribution in [-0.2, 0) is 4.79 Å². The van der Waals surface area contributed by atoms with Crippen molar-refractivity contribution in [2.24, 2.45) is 0 Å². The van der Waals surface area contributed by atoms with Crippen LogP contribution < -0.4 is 10.6 Å². The van der Waals surface area contributed by atoms with Gasteiger partial charge in [0.1, 0.15) is 0 Å². The molecule has 0 heterocycles. The molecule has 1 rings (SSSR count). The molecule has 3 N–H and O–H groups in total. The van der Waals surface area contributed by atoms with Crippen LogP contribution in [-0.4, -0.2) is 30.1 Å². The Bertz CT molecular complexity index is 390. The Balaban J connectivity index is 2.30. The van der Waals surface area contributed by atoms with Gasteiger partial charge in [-0.2, -0.15) is 0 Å². The summed E-state index contributed by atoms with van der Waals surface area (Å²) < 4.78 is 0. The quantitative estimate of drug-likeness (QED) is 0.655. The van der Waals surface area contributed by atoms with E-state index in [2.05, 4.69) is 10.6 Å². The summed E-state index contributed by atoms with van der Waals surface area (Å²) in [6, 6.07) is 7.90. The van der Waals surface area contributed by atoms with Gasteiger partial charge in [-0.15, -0.1) is 0 Å². The highest BCUT2D eigenvalue weighted by molar-refractivity contribution is 5.72. The second kappa shape index (κ2) is 7.92. The van der Waals surface area contributed by atoms with E-state index in [-0.39, 0.29) is 11.9 Å². The molecule has 1 amide bonds. The third kappa shape index (κ3) is 5.85. The van der Waals surface area contributed by atoms with Gasteiger partial charge in [0.2, 0.25) is 5.91 Å². The van der Waals surface area contributed by atoms with Gasteiger partial charge < -0.3 is 15.7 Å². The molecule has 0 saturated heterocycles. The lowest BCUT2D eigenvalue weighted by Crippen LogP contribution is -2.34. The van der Waals surface area contributed by atoms with Crippen molar-refractivity contribution in [3.8, 4) is 0 Å². The summed E-state index contributed by atoms with van der Waals surface area (Å²) in [5, 5.41) is 16.2. The van der Waals surface area contributed by atoms with Crippen LogP contribution in [0.4, 0.5) is 0 Å². The normalized spacial score (nSPS) is 13.9. The van der Waals surface area contributed by atoms with Gasteiger partial charge in [-0.3, -0.25) is 4.79 Å². The molecule has 0 aliphatic rings. The lowest BCUT2D eigenvalue weighted by molar-refractivity contribution is -0.118. The van der Waals surface area contributed by atoms with Gasteiger partial charge in [-0.1, -0.05) is 29.8 Å². The van der Waals surface area contributed by atoms with Crippen molar-refractivity contribution in [1.29, 1.82) is 0 Å². The predicted molar refractivity (Wildman–Crippen MR) is 76.9 cm³/mol. The number of rotatable bonds is 7. The molecule has 1 aromatic rings. The molecule has 106 valence electrons. The molecule has 1 aromatic carbocycles. The van der Waals surface area contributed by atoms with Gasteiger partial charge in [0.15, 0.2) is 0 Å². The van der Waals surface area contributed by atoms with Crippen LogP contribution in [0.2, 0.25) is 0 Å². The topological polar surface area (TPSA) is 61.4 Å². The van der Waals surface area contributed by atoms with E-state index < -0.39 is 6.10 Å². The summed E-state index contributed by atoms with van der Waals surface area (Å²) in [6.45, 7) is 6.93. The van der Waals surface area contributed by atoms with Crippen LogP contribution in [0.5, 0.6) is 0 Å². The summed E-state index contributed by atoms with van der Waals surface area (Å²) in [6.07, 6.45) is 0.339. The Morgan fingerprint density at radius 2 is 1.89 bits per heavy atom. The standard InChI is InChI=1S/C15H24N2O2/c1-11-5-7-14(8-6-11)15(19)12(2)16-9-4-10-17-13(3)18/h5-8,12,15-16,19H,4,9-10H2,1-3H3,(H,17,18). The van der Waals surface area contributed by atoms with Crippen molar-refractivity contribution in [3.63, 3.8) is 0 Å². The Morgan fingerprint density at radius 1 is 1.26 bits per heavy atom. The molecule has 0 spiro atoms. The molecule has 2 atom stereocenters. The van der Waals surface area contributed by atoms with E-state index >= 15 is 0 Å². The van der Waals surface area contributed by atoms with E-state index in [0.29, 0.717) is 6.54 Å². The Morgan fingerprint density at radius 3 is 2.47 bits per heavy atom. The van der Waals surface area contributed by atoms with Crippen LogP contribution in [0.1, 0.15) is 37.5 Å². The van der Waals surface area contributed by atoms with Crippen LogP contribution in [0.3, 0.4) is 0 Å². The molecule has 0 aliphatic carbocycles. The maximum atomic E-state index is 10.7. The van der Waals surface area contributed by atoms with Crippen molar-refractivity contribution in [3.05, 3.63) is 35.4 Å². The van der Waals surface area contributed by atoms with Crippen LogP contribution >= 0.6 is 0 Å². The zero-order chi connectivity index (χ0) is 14.3. The number of hydrogen-bond donors (Lipinski definition) is 3. The predicted octanol–water partition coefficient (Wildman–Crippen LogP) is 1.53. The molecule has 0 fully saturated rings. The van der Waals surface area contributed by atoms with Crippen LogP contribution in [0.25, 0.3) is 0 Å². The van der Waals surface area contributed by atoms with Gasteiger partial charge in [-0.25, -0.2) is 0 Å². The minimum Gasteiger partial charge on any atom is -0.387 e. The van der Waals surface area contributed by atoms with Crippen LogP contribution in [0.15, 0.2) is 24.3 Å². The third-order valence-electron chi connectivity index (χ3n) is 3.09. The van der Waals surface area contributed by atoms with Crippen molar-refractivity contribution in [2.75, 3.05) is 13.1 Å². The van der Waals surface area contributed by atoms with E-state index in [9.17, 15) is 9.90 Å². The fourth-order valence-electron chi connectivity index (χ4n) is 1.85. The summed E-state index contributed by atoms with van der Waals surface area (Å²) in [5.41, 5.74) is 2.11. The highest BCUT2D eigenvalue weighted by Crippen LogP contribution is 2.17. The first-order chi connectivity index (χ1) is 9.00. The molecule has 0 radical (unpaired) electrons. The number of hydrogen-bond acceptors (Lipinski definition) is 3. The molecule has 0 aliphatic heterocycles. The van der Waals surface area contributed by atoms with Gasteiger partial charge in [-0.05, 0) is 32.4 Å². The molecule has 0 bridgehead atoms. The van der Waals surface area contributed by atoms with Crippen molar-refractivity contribution in [2.45, 2.75) is 39.3 Å². The number of aliphatic hydroxyl groups is 1. The Kier molecular flexibility index (Phi) is 6.53. The van der Waals surface area contributed by atoms with Crippen molar-refractivity contribution in [1.82, 2.24) is 10.6 Å². The summed E-state index contributed by atoms with van der Waals surface area (Å²) >= 11 is 0. The monoisotopic (exact) mass is 264 g/mol. The molecule has 2 unspecified atom stereocenters. The van der Waals surface area contributed by atoms with Gasteiger partial charge in [0.05, 0.1) is 6.10 Å². The molecular formula is C15H24N2O2. The SMILES string of the molecule is CC(=O)NCCCNC(C)C(O)c1ccc(C)cc1. The lowest BCUT2D eigenvalue weighted by atomic mass is 10.0. The highest BCUT2D eigenvalue weighted by Gasteiger charge is 2.15. The second-order valence-electron chi connectivity index (χ2n) is 4.93. The summed E-state index contributed by atoms with van der Waals surface area (Å²) in [4.78, 5) is 10.7.